The van der Waals surface area contributed by atoms with Gasteiger partial charge in [-0.3, -0.25) is 0 Å². The third kappa shape index (κ3) is 2.86. The number of nitrogens with zero attached hydrogens (tertiary/aromatic N) is 1. The molecule has 4 heteroatoms. The fourth-order valence-corrected chi connectivity index (χ4v) is 3.20. The summed E-state index contributed by atoms with van der Waals surface area (Å²) in [6, 6.07) is 21.2. The molecule has 3 aromatic carbocycles. The molecule has 1 heterocycles. The van der Waals surface area contributed by atoms with E-state index in [1.54, 1.807) is 12.1 Å². The molecule has 4 rings (SSSR count). The lowest BCUT2D eigenvalue weighted by Gasteiger charge is -2.14. The van der Waals surface area contributed by atoms with Gasteiger partial charge in [-0.05, 0) is 36.2 Å². The van der Waals surface area contributed by atoms with Gasteiger partial charge < -0.3 is 10.4 Å². The number of pyridine rings is 1. The van der Waals surface area contributed by atoms with Crippen molar-refractivity contribution in [1.29, 1.82) is 0 Å². The topological polar surface area (TPSA) is 62.2 Å². The van der Waals surface area contributed by atoms with Crippen molar-refractivity contribution < 1.29 is 9.90 Å². The molecule has 0 aliphatic rings. The van der Waals surface area contributed by atoms with Crippen LogP contribution >= 0.6 is 0 Å². The molecule has 26 heavy (non-hydrogen) atoms. The fraction of sp³-hybridized carbons (Fsp3) is 0.0909. The second kappa shape index (κ2) is 6.48. The Hall–Kier alpha value is -3.40. The molecular weight excluding hydrogens is 324 g/mol. The summed E-state index contributed by atoms with van der Waals surface area (Å²) in [7, 11) is 0. The number of para-hydroxylation sites is 2. The van der Waals surface area contributed by atoms with Crippen LogP contribution in [-0.2, 0) is 6.54 Å². The minimum Gasteiger partial charge on any atom is -0.478 e. The fourth-order valence-electron chi connectivity index (χ4n) is 3.20. The van der Waals surface area contributed by atoms with Crippen molar-refractivity contribution in [2.75, 3.05) is 5.32 Å². The van der Waals surface area contributed by atoms with E-state index in [-0.39, 0.29) is 0 Å². The highest BCUT2D eigenvalue weighted by Crippen LogP contribution is 2.32. The molecule has 4 aromatic rings. The second-order valence-corrected chi connectivity index (χ2v) is 6.33. The summed E-state index contributed by atoms with van der Waals surface area (Å²) in [4.78, 5) is 15.8. The normalized spacial score (nSPS) is 11.0. The summed E-state index contributed by atoms with van der Waals surface area (Å²) in [5.74, 6) is -0.911. The number of aromatic nitrogens is 1. The maximum Gasteiger partial charge on any atom is 0.335 e. The van der Waals surface area contributed by atoms with Crippen LogP contribution in [0.4, 0.5) is 5.69 Å². The van der Waals surface area contributed by atoms with Crippen molar-refractivity contribution in [2.45, 2.75) is 13.5 Å². The number of rotatable bonds is 4. The summed E-state index contributed by atoms with van der Waals surface area (Å²) >= 11 is 0. The second-order valence-electron chi connectivity index (χ2n) is 6.33. The van der Waals surface area contributed by atoms with Gasteiger partial charge >= 0.3 is 5.97 Å². The van der Waals surface area contributed by atoms with Gasteiger partial charge in [-0.15, -0.1) is 0 Å². The van der Waals surface area contributed by atoms with Crippen LogP contribution in [0.1, 0.15) is 21.5 Å². The first-order valence-corrected chi connectivity index (χ1v) is 8.47. The number of anilines is 1. The van der Waals surface area contributed by atoms with Gasteiger partial charge in [0.2, 0.25) is 0 Å². The average molecular weight is 342 g/mol. The SMILES string of the molecule is Cc1cccc2c(NCc3ccc(C(=O)O)cc3)c3ccccc3nc12. The highest BCUT2D eigenvalue weighted by molar-refractivity contribution is 6.08. The molecular formula is C22H18N2O2. The molecule has 1 aromatic heterocycles. The highest BCUT2D eigenvalue weighted by Gasteiger charge is 2.10. The first-order valence-electron chi connectivity index (χ1n) is 8.47. The molecule has 4 nitrogen and oxygen atoms in total. The molecule has 0 radical (unpaired) electrons. The van der Waals surface area contributed by atoms with Crippen LogP contribution in [0.25, 0.3) is 21.8 Å². The average Bonchev–Trinajstić information content (AvgIpc) is 2.66. The Morgan fingerprint density at radius 3 is 2.46 bits per heavy atom. The van der Waals surface area contributed by atoms with Crippen molar-refractivity contribution in [2.24, 2.45) is 0 Å². The first kappa shape index (κ1) is 16.1. The predicted molar refractivity (Wildman–Crippen MR) is 105 cm³/mol. The zero-order valence-corrected chi connectivity index (χ0v) is 14.4. The van der Waals surface area contributed by atoms with Gasteiger partial charge in [0, 0.05) is 17.3 Å². The number of carbonyl (C=O) groups is 1. The number of benzene rings is 3. The van der Waals surface area contributed by atoms with Gasteiger partial charge in [0.05, 0.1) is 22.3 Å². The van der Waals surface area contributed by atoms with Crippen LogP contribution in [0.15, 0.2) is 66.7 Å². The molecule has 0 fully saturated rings. The predicted octanol–water partition coefficient (Wildman–Crippen LogP) is 5.01. The lowest BCUT2D eigenvalue weighted by Crippen LogP contribution is -2.03. The summed E-state index contributed by atoms with van der Waals surface area (Å²) in [6.45, 7) is 2.68. The Kier molecular flexibility index (Phi) is 4.01. The Bertz CT molecular complexity index is 1120. The summed E-state index contributed by atoms with van der Waals surface area (Å²) in [6.07, 6.45) is 0. The molecule has 0 aliphatic carbocycles. The highest BCUT2D eigenvalue weighted by atomic mass is 16.4. The maximum atomic E-state index is 11.0. The monoisotopic (exact) mass is 342 g/mol. The van der Waals surface area contributed by atoms with E-state index in [2.05, 4.69) is 30.4 Å². The van der Waals surface area contributed by atoms with Crippen molar-refractivity contribution in [3.63, 3.8) is 0 Å². The van der Waals surface area contributed by atoms with Gasteiger partial charge in [-0.25, -0.2) is 9.78 Å². The van der Waals surface area contributed by atoms with Crippen molar-refractivity contribution in [3.8, 4) is 0 Å². The third-order valence-corrected chi connectivity index (χ3v) is 4.58. The van der Waals surface area contributed by atoms with E-state index >= 15 is 0 Å². The Morgan fingerprint density at radius 1 is 0.962 bits per heavy atom. The van der Waals surface area contributed by atoms with E-state index in [4.69, 9.17) is 10.1 Å². The van der Waals surface area contributed by atoms with E-state index in [0.29, 0.717) is 12.1 Å². The van der Waals surface area contributed by atoms with Crippen molar-refractivity contribution >= 4 is 33.5 Å². The Morgan fingerprint density at radius 2 is 1.69 bits per heavy atom. The number of aromatic carboxylic acids is 1. The zero-order chi connectivity index (χ0) is 18.1. The first-order chi connectivity index (χ1) is 12.6. The van der Waals surface area contributed by atoms with Crippen LogP contribution in [0.3, 0.4) is 0 Å². The zero-order valence-electron chi connectivity index (χ0n) is 14.4. The van der Waals surface area contributed by atoms with Crippen LogP contribution < -0.4 is 5.32 Å². The minimum absolute atomic E-state index is 0.296. The number of carboxylic acid groups (broad SMARTS) is 1. The number of fused-ring (bicyclic) bond motifs is 2. The number of hydrogen-bond donors (Lipinski definition) is 2. The molecule has 0 unspecified atom stereocenters. The van der Waals surface area contributed by atoms with E-state index in [9.17, 15) is 4.79 Å². The smallest absolute Gasteiger partial charge is 0.335 e. The molecule has 0 saturated heterocycles. The molecule has 0 amide bonds. The molecule has 0 saturated carbocycles. The lowest BCUT2D eigenvalue weighted by atomic mass is 10.0. The Balaban J connectivity index is 1.76. The molecule has 0 atom stereocenters. The number of nitrogens with one attached hydrogen (secondary N) is 1. The summed E-state index contributed by atoms with van der Waals surface area (Å²) in [5, 5.41) is 14.7. The van der Waals surface area contributed by atoms with Gasteiger partial charge in [0.25, 0.3) is 0 Å². The van der Waals surface area contributed by atoms with Crippen molar-refractivity contribution in [3.05, 3.63) is 83.4 Å². The van der Waals surface area contributed by atoms with Gasteiger partial charge in [-0.1, -0.05) is 48.5 Å². The number of aryl methyl sites for hydroxylation is 1. The van der Waals surface area contributed by atoms with Crippen LogP contribution in [0.2, 0.25) is 0 Å². The number of carboxylic acids is 1. The molecule has 128 valence electrons. The van der Waals surface area contributed by atoms with Crippen LogP contribution in [-0.4, -0.2) is 16.1 Å². The number of hydrogen-bond acceptors (Lipinski definition) is 3. The molecule has 2 N–H and O–H groups in total. The van der Waals surface area contributed by atoms with E-state index < -0.39 is 5.97 Å². The summed E-state index contributed by atoms with van der Waals surface area (Å²) < 4.78 is 0. The van der Waals surface area contributed by atoms with E-state index in [0.717, 1.165) is 38.6 Å². The largest absolute Gasteiger partial charge is 0.478 e. The lowest BCUT2D eigenvalue weighted by molar-refractivity contribution is 0.0697. The van der Waals surface area contributed by atoms with Crippen LogP contribution in [0, 0.1) is 6.92 Å². The molecule has 0 bridgehead atoms. The van der Waals surface area contributed by atoms with Crippen molar-refractivity contribution in [1.82, 2.24) is 4.98 Å². The molecule has 0 aliphatic heterocycles. The van der Waals surface area contributed by atoms with E-state index in [1.165, 1.54) is 0 Å². The van der Waals surface area contributed by atoms with Gasteiger partial charge in [0.15, 0.2) is 0 Å². The quantitative estimate of drug-likeness (QED) is 0.512. The van der Waals surface area contributed by atoms with Crippen LogP contribution in [0.5, 0.6) is 0 Å². The summed E-state index contributed by atoms with van der Waals surface area (Å²) in [5.41, 5.74) is 5.47. The third-order valence-electron chi connectivity index (χ3n) is 4.58. The standard InChI is InChI=1S/C22H18N2O2/c1-14-5-4-7-18-20(14)24-19-8-3-2-6-17(19)21(18)23-13-15-9-11-16(12-10-15)22(25)26/h2-12H,13H2,1H3,(H,23,24)(H,25,26). The van der Waals surface area contributed by atoms with Gasteiger partial charge in [0.1, 0.15) is 0 Å². The molecule has 0 spiro atoms. The minimum atomic E-state index is -0.911. The van der Waals surface area contributed by atoms with E-state index in [1.807, 2.05) is 36.4 Å². The van der Waals surface area contributed by atoms with Gasteiger partial charge in [-0.2, -0.15) is 0 Å². The Labute approximate surface area is 151 Å². The maximum absolute atomic E-state index is 11.0.